The smallest absolute Gasteiger partial charge is 0.271 e. The van der Waals surface area contributed by atoms with Gasteiger partial charge in [0.25, 0.3) is 5.91 Å². The van der Waals surface area contributed by atoms with Gasteiger partial charge in [0, 0.05) is 62.7 Å². The number of aromatic nitrogens is 3. The quantitative estimate of drug-likeness (QED) is 0.623. The number of carbonyl (C=O) groups excluding carboxylic acids is 2. The zero-order chi connectivity index (χ0) is 21.8. The van der Waals surface area contributed by atoms with Crippen molar-refractivity contribution in [2.45, 2.75) is 50.6 Å². The molecule has 0 unspecified atom stereocenters. The lowest BCUT2D eigenvalue weighted by Gasteiger charge is -2.41. The average Bonchev–Trinajstić information content (AvgIpc) is 3.32. The van der Waals surface area contributed by atoms with E-state index in [1.165, 1.54) is 6.42 Å². The Bertz CT molecular complexity index is 892. The minimum Gasteiger partial charge on any atom is -0.384 e. The Hall–Kier alpha value is -2.52. The van der Waals surface area contributed by atoms with Crippen LogP contribution < -0.4 is 10.6 Å². The molecule has 2 atom stereocenters. The highest BCUT2D eigenvalue weighted by atomic mass is 16.5. The largest absolute Gasteiger partial charge is 0.384 e. The van der Waals surface area contributed by atoms with Crippen LogP contribution in [-0.2, 0) is 9.53 Å². The van der Waals surface area contributed by atoms with E-state index in [1.54, 1.807) is 30.0 Å². The summed E-state index contributed by atoms with van der Waals surface area (Å²) in [6.07, 6.45) is 11.0. The van der Waals surface area contributed by atoms with Crippen LogP contribution in [0.5, 0.6) is 0 Å². The number of rotatable bonds is 9. The second-order valence-electron chi connectivity index (χ2n) is 8.98. The van der Waals surface area contributed by atoms with Gasteiger partial charge < -0.3 is 15.4 Å². The first-order chi connectivity index (χ1) is 15.0. The second-order valence-corrected chi connectivity index (χ2v) is 8.98. The van der Waals surface area contributed by atoms with Gasteiger partial charge in [-0.2, -0.15) is 0 Å². The summed E-state index contributed by atoms with van der Waals surface area (Å²) >= 11 is 0. The summed E-state index contributed by atoms with van der Waals surface area (Å²) < 4.78 is 7.07. The maximum absolute atomic E-state index is 12.5. The molecule has 0 bridgehead atoms. The fourth-order valence-corrected chi connectivity index (χ4v) is 4.75. The third-order valence-corrected chi connectivity index (χ3v) is 6.90. The molecule has 1 saturated heterocycles. The number of nitrogens with one attached hydrogen (secondary N) is 2. The van der Waals surface area contributed by atoms with Crippen molar-refractivity contribution < 1.29 is 14.3 Å². The van der Waals surface area contributed by atoms with Gasteiger partial charge in [-0.1, -0.05) is 6.42 Å². The molecule has 2 aromatic rings. The molecule has 2 aromatic heterocycles. The van der Waals surface area contributed by atoms with Crippen molar-refractivity contribution in [1.82, 2.24) is 29.9 Å². The Morgan fingerprint density at radius 3 is 2.77 bits per heavy atom. The van der Waals surface area contributed by atoms with E-state index in [0.29, 0.717) is 37.6 Å². The van der Waals surface area contributed by atoms with Gasteiger partial charge >= 0.3 is 0 Å². The van der Waals surface area contributed by atoms with Gasteiger partial charge in [0.05, 0.1) is 6.61 Å². The fraction of sp³-hybridized carbons (Fsp3) is 0.636. The van der Waals surface area contributed by atoms with Crippen LogP contribution in [0, 0.1) is 5.41 Å². The van der Waals surface area contributed by atoms with Crippen LogP contribution in [0.15, 0.2) is 24.7 Å². The monoisotopic (exact) mass is 428 g/mol. The number of hydrogen-bond donors (Lipinski definition) is 2. The van der Waals surface area contributed by atoms with E-state index in [2.05, 4.69) is 25.5 Å². The van der Waals surface area contributed by atoms with Crippen molar-refractivity contribution in [3.63, 3.8) is 0 Å². The number of methoxy groups -OCH3 is 1. The molecule has 1 aliphatic carbocycles. The molecule has 2 fully saturated rings. The van der Waals surface area contributed by atoms with Crippen molar-refractivity contribution in [2.75, 3.05) is 33.9 Å². The molecule has 4 rings (SSSR count). The summed E-state index contributed by atoms with van der Waals surface area (Å²) in [5, 5.41) is 6.11. The second kappa shape index (κ2) is 9.32. The molecule has 1 aliphatic heterocycles. The van der Waals surface area contributed by atoms with Gasteiger partial charge in [-0.05, 0) is 38.8 Å². The van der Waals surface area contributed by atoms with Gasteiger partial charge in [-0.15, -0.1) is 0 Å². The molecule has 168 valence electrons. The summed E-state index contributed by atoms with van der Waals surface area (Å²) in [4.78, 5) is 35.6. The van der Waals surface area contributed by atoms with Crippen LogP contribution in [0.2, 0.25) is 0 Å². The van der Waals surface area contributed by atoms with E-state index in [4.69, 9.17) is 4.74 Å². The molecule has 9 heteroatoms. The summed E-state index contributed by atoms with van der Waals surface area (Å²) in [5.41, 5.74) is 0.489. The van der Waals surface area contributed by atoms with Crippen molar-refractivity contribution in [2.24, 2.45) is 5.41 Å². The molecule has 0 spiro atoms. The predicted octanol–water partition coefficient (Wildman–Crippen LogP) is 1.24. The van der Waals surface area contributed by atoms with Gasteiger partial charge in [0.2, 0.25) is 11.7 Å². The van der Waals surface area contributed by atoms with Crippen molar-refractivity contribution >= 4 is 17.6 Å². The molecule has 2 N–H and O–H groups in total. The van der Waals surface area contributed by atoms with Crippen LogP contribution >= 0.6 is 0 Å². The lowest BCUT2D eigenvalue weighted by Crippen LogP contribution is -2.46. The van der Waals surface area contributed by atoms with Crippen LogP contribution in [0.3, 0.4) is 0 Å². The third kappa shape index (κ3) is 4.88. The highest BCUT2D eigenvalue weighted by Crippen LogP contribution is 2.40. The number of amides is 2. The van der Waals surface area contributed by atoms with E-state index in [-0.39, 0.29) is 29.3 Å². The standard InChI is InChI=1S/C22H32N6O3/c1-27-16(11-19(29)25-14-22(15-31-2)7-3-8-22)5-6-17(27)12-24-20(30)18-13-28-10-4-9-23-21(28)26-18/h4,9-10,13,16-17H,3,5-8,11-12,14-15H2,1-2H3,(H,24,30)(H,25,29)/t16-,17+/m1/s1. The fourth-order valence-electron chi connectivity index (χ4n) is 4.75. The van der Waals surface area contributed by atoms with Crippen LogP contribution in [0.25, 0.3) is 5.78 Å². The van der Waals surface area contributed by atoms with Crippen molar-refractivity contribution in [3.8, 4) is 0 Å². The number of hydrogen-bond acceptors (Lipinski definition) is 6. The molecule has 9 nitrogen and oxygen atoms in total. The lowest BCUT2D eigenvalue weighted by molar-refractivity contribution is -0.123. The first-order valence-corrected chi connectivity index (χ1v) is 11.1. The number of carbonyl (C=O) groups is 2. The molecule has 1 saturated carbocycles. The Kier molecular flexibility index (Phi) is 6.52. The minimum absolute atomic E-state index is 0.0983. The number of likely N-dealkylation sites (N-methyl/N-ethyl adjacent to an activating group) is 1. The zero-order valence-electron chi connectivity index (χ0n) is 18.3. The Morgan fingerprint density at radius 2 is 2.06 bits per heavy atom. The summed E-state index contributed by atoms with van der Waals surface area (Å²) in [5.74, 6) is 0.399. The molecular formula is C22H32N6O3. The topological polar surface area (TPSA) is 101 Å². The van der Waals surface area contributed by atoms with E-state index in [9.17, 15) is 9.59 Å². The minimum atomic E-state index is -0.205. The summed E-state index contributed by atoms with van der Waals surface area (Å²) in [6.45, 7) is 1.94. The van der Waals surface area contributed by atoms with Crippen molar-refractivity contribution in [3.05, 3.63) is 30.4 Å². The van der Waals surface area contributed by atoms with Crippen LogP contribution in [-0.4, -0.2) is 77.0 Å². The molecule has 31 heavy (non-hydrogen) atoms. The number of fused-ring (bicyclic) bond motifs is 1. The normalized spacial score (nSPS) is 22.9. The predicted molar refractivity (Wildman–Crippen MR) is 116 cm³/mol. The number of imidazole rings is 1. The van der Waals surface area contributed by atoms with Gasteiger partial charge in [-0.3, -0.25) is 18.9 Å². The van der Waals surface area contributed by atoms with Crippen molar-refractivity contribution in [1.29, 1.82) is 0 Å². The Balaban J connectivity index is 1.22. The molecular weight excluding hydrogens is 396 g/mol. The molecule has 3 heterocycles. The number of nitrogens with zero attached hydrogens (tertiary/aromatic N) is 4. The highest BCUT2D eigenvalue weighted by molar-refractivity contribution is 5.92. The Labute approximate surface area is 182 Å². The molecule has 0 radical (unpaired) electrons. The van der Waals surface area contributed by atoms with E-state index in [1.807, 2.05) is 13.2 Å². The van der Waals surface area contributed by atoms with E-state index >= 15 is 0 Å². The number of ether oxygens (including phenoxy) is 1. The maximum atomic E-state index is 12.5. The highest BCUT2D eigenvalue weighted by Gasteiger charge is 2.38. The lowest BCUT2D eigenvalue weighted by atomic mass is 9.69. The van der Waals surface area contributed by atoms with E-state index in [0.717, 1.165) is 25.7 Å². The van der Waals surface area contributed by atoms with Gasteiger partial charge in [0.15, 0.2) is 0 Å². The molecule has 2 amide bonds. The van der Waals surface area contributed by atoms with E-state index < -0.39 is 0 Å². The Morgan fingerprint density at radius 1 is 1.26 bits per heavy atom. The average molecular weight is 429 g/mol. The van der Waals surface area contributed by atoms with Gasteiger partial charge in [-0.25, -0.2) is 9.97 Å². The summed E-state index contributed by atoms with van der Waals surface area (Å²) in [7, 11) is 3.76. The molecule has 0 aromatic carbocycles. The van der Waals surface area contributed by atoms with Crippen LogP contribution in [0.4, 0.5) is 0 Å². The van der Waals surface area contributed by atoms with Gasteiger partial charge in [0.1, 0.15) is 5.69 Å². The maximum Gasteiger partial charge on any atom is 0.271 e. The SMILES string of the molecule is COCC1(CNC(=O)C[C@H]2CC[C@@H](CNC(=O)c3cn4cccnc4n3)N2C)CCC1. The first kappa shape index (κ1) is 21.7. The number of likely N-dealkylation sites (tertiary alicyclic amines) is 1. The van der Waals surface area contributed by atoms with Crippen LogP contribution in [0.1, 0.15) is 49.0 Å². The first-order valence-electron chi connectivity index (χ1n) is 11.1. The third-order valence-electron chi connectivity index (χ3n) is 6.90. The summed E-state index contributed by atoms with van der Waals surface area (Å²) in [6, 6.07) is 2.20. The molecule has 2 aliphatic rings. The zero-order valence-corrected chi connectivity index (χ0v) is 18.3.